The molecule has 0 aliphatic rings. The van der Waals surface area contributed by atoms with Crippen LogP contribution in [0.2, 0.25) is 5.15 Å². The summed E-state index contributed by atoms with van der Waals surface area (Å²) in [6.45, 7) is 2.07. The predicted octanol–water partition coefficient (Wildman–Crippen LogP) is 2.64. The van der Waals surface area contributed by atoms with Gasteiger partial charge in [0.25, 0.3) is 5.91 Å². The lowest BCUT2D eigenvalue weighted by Crippen LogP contribution is -2.43. The number of aryl methyl sites for hydroxylation is 1. The Morgan fingerprint density at radius 2 is 2.00 bits per heavy atom. The van der Waals surface area contributed by atoms with Crippen LogP contribution in [0.4, 0.5) is 0 Å². The average Bonchev–Trinajstić information content (AvgIpc) is 2.93. The van der Waals surface area contributed by atoms with Gasteiger partial charge < -0.3 is 19.7 Å². The van der Waals surface area contributed by atoms with Crippen LogP contribution in [0.25, 0.3) is 0 Å². The minimum Gasteiger partial charge on any atom is -0.508 e. The Balaban J connectivity index is 2.19. The van der Waals surface area contributed by atoms with Gasteiger partial charge in [-0.2, -0.15) is 0 Å². The number of benzene rings is 1. The molecule has 2 aromatic rings. The van der Waals surface area contributed by atoms with E-state index in [2.05, 4.69) is 17.2 Å². The van der Waals surface area contributed by atoms with Gasteiger partial charge >= 0.3 is 5.97 Å². The minimum absolute atomic E-state index is 0.106. The first-order valence-corrected chi connectivity index (χ1v) is 9.12. The van der Waals surface area contributed by atoms with E-state index >= 15 is 0 Å². The van der Waals surface area contributed by atoms with Crippen molar-refractivity contribution >= 4 is 23.5 Å². The molecule has 1 atom stereocenters. The van der Waals surface area contributed by atoms with Crippen LogP contribution in [0, 0.1) is 0 Å². The third-order valence-electron chi connectivity index (χ3n) is 4.28. The lowest BCUT2D eigenvalue weighted by Gasteiger charge is -2.17. The Hall–Kier alpha value is -2.54. The highest BCUT2D eigenvalue weighted by Gasteiger charge is 2.26. The summed E-state index contributed by atoms with van der Waals surface area (Å²) in [6, 6.07) is 5.50. The Bertz CT molecular complexity index is 802. The second kappa shape index (κ2) is 9.41. The van der Waals surface area contributed by atoms with E-state index in [-0.39, 0.29) is 23.0 Å². The molecule has 8 heteroatoms. The molecule has 2 N–H and O–H groups in total. The van der Waals surface area contributed by atoms with E-state index in [0.29, 0.717) is 6.42 Å². The minimum atomic E-state index is -0.892. The fourth-order valence-electron chi connectivity index (χ4n) is 2.74. The molecule has 1 aromatic heterocycles. The highest BCUT2D eigenvalue weighted by atomic mass is 35.5. The van der Waals surface area contributed by atoms with Crippen LogP contribution in [0.15, 0.2) is 24.3 Å². The van der Waals surface area contributed by atoms with E-state index < -0.39 is 17.9 Å². The monoisotopic (exact) mass is 393 g/mol. The van der Waals surface area contributed by atoms with Gasteiger partial charge in [-0.3, -0.25) is 4.79 Å². The summed E-state index contributed by atoms with van der Waals surface area (Å²) in [7, 11) is 2.99. The first kappa shape index (κ1) is 20.8. The molecule has 0 unspecified atom stereocenters. The van der Waals surface area contributed by atoms with Crippen LogP contribution in [-0.4, -0.2) is 39.7 Å². The van der Waals surface area contributed by atoms with Gasteiger partial charge in [0.05, 0.1) is 7.11 Å². The van der Waals surface area contributed by atoms with Gasteiger partial charge in [-0.25, -0.2) is 9.78 Å². The molecule has 1 heterocycles. The van der Waals surface area contributed by atoms with Crippen molar-refractivity contribution in [1.29, 1.82) is 0 Å². The molecule has 2 rings (SSSR count). The lowest BCUT2D eigenvalue weighted by atomic mass is 10.1. The number of unbranched alkanes of at least 4 members (excludes halogenated alkanes) is 1. The van der Waals surface area contributed by atoms with Crippen LogP contribution in [-0.2, 0) is 29.4 Å². The third kappa shape index (κ3) is 5.23. The number of amides is 1. The standard InChI is InChI=1S/C19H24ClN3O4/c1-4-5-6-15-22-17(20)16(23(15)2)18(25)21-14(19(26)27-3)11-12-7-9-13(24)10-8-12/h7-10,14,24H,4-6,11H2,1-3H3,(H,21,25)/t14-/m0/s1. The molecular formula is C19H24ClN3O4. The molecule has 0 fully saturated rings. The number of aromatic nitrogens is 2. The number of rotatable bonds is 8. The SMILES string of the molecule is CCCCc1nc(Cl)c(C(=O)N[C@@H](Cc2ccc(O)cc2)C(=O)OC)n1C. The molecule has 1 amide bonds. The summed E-state index contributed by atoms with van der Waals surface area (Å²) in [5.74, 6) is -0.216. The zero-order valence-electron chi connectivity index (χ0n) is 15.7. The van der Waals surface area contributed by atoms with Crippen molar-refractivity contribution < 1.29 is 19.4 Å². The molecule has 1 aromatic carbocycles. The molecule has 0 saturated heterocycles. The van der Waals surface area contributed by atoms with Gasteiger partial charge in [-0.05, 0) is 24.1 Å². The number of carbonyl (C=O) groups excluding carboxylic acids is 2. The van der Waals surface area contributed by atoms with Gasteiger partial charge in [-0.1, -0.05) is 37.1 Å². The molecule has 146 valence electrons. The summed E-state index contributed by atoms with van der Waals surface area (Å²) in [5.41, 5.74) is 0.977. The van der Waals surface area contributed by atoms with Gasteiger partial charge in [0.15, 0.2) is 5.15 Å². The van der Waals surface area contributed by atoms with Crippen molar-refractivity contribution in [3.05, 3.63) is 46.5 Å². The number of imidazole rings is 1. The average molecular weight is 394 g/mol. The number of esters is 1. The van der Waals surface area contributed by atoms with Crippen molar-refractivity contribution in [3.8, 4) is 5.75 Å². The predicted molar refractivity (Wildman–Crippen MR) is 102 cm³/mol. The van der Waals surface area contributed by atoms with Crippen molar-refractivity contribution in [2.75, 3.05) is 7.11 Å². The van der Waals surface area contributed by atoms with E-state index in [1.165, 1.54) is 19.2 Å². The number of hydrogen-bond donors (Lipinski definition) is 2. The number of phenols is 1. The van der Waals surface area contributed by atoms with Gasteiger partial charge in [-0.15, -0.1) is 0 Å². The molecule has 7 nitrogen and oxygen atoms in total. The number of phenolic OH excluding ortho intramolecular Hbond substituents is 1. The van der Waals surface area contributed by atoms with Crippen LogP contribution in [0.3, 0.4) is 0 Å². The summed E-state index contributed by atoms with van der Waals surface area (Å²) in [5, 5.41) is 12.2. The molecule has 27 heavy (non-hydrogen) atoms. The zero-order valence-corrected chi connectivity index (χ0v) is 16.4. The molecule has 0 spiro atoms. The van der Waals surface area contributed by atoms with E-state index in [0.717, 1.165) is 24.2 Å². The van der Waals surface area contributed by atoms with E-state index in [4.69, 9.17) is 16.3 Å². The van der Waals surface area contributed by atoms with Gasteiger partial charge in [0.2, 0.25) is 0 Å². The van der Waals surface area contributed by atoms with Crippen molar-refractivity contribution in [3.63, 3.8) is 0 Å². The number of carbonyl (C=O) groups is 2. The van der Waals surface area contributed by atoms with Crippen LogP contribution in [0.1, 0.15) is 41.6 Å². The summed E-state index contributed by atoms with van der Waals surface area (Å²) in [6.07, 6.45) is 2.88. The van der Waals surface area contributed by atoms with E-state index in [1.54, 1.807) is 23.7 Å². The molecule has 0 aliphatic heterocycles. The maximum absolute atomic E-state index is 12.7. The number of nitrogens with one attached hydrogen (secondary N) is 1. The number of hydrogen-bond acceptors (Lipinski definition) is 5. The number of aromatic hydroxyl groups is 1. The maximum Gasteiger partial charge on any atom is 0.328 e. The Morgan fingerprint density at radius 3 is 2.59 bits per heavy atom. The maximum atomic E-state index is 12.7. The zero-order chi connectivity index (χ0) is 20.0. The number of ether oxygens (including phenoxy) is 1. The first-order chi connectivity index (χ1) is 12.9. The van der Waals surface area contributed by atoms with Crippen molar-refractivity contribution in [1.82, 2.24) is 14.9 Å². The van der Waals surface area contributed by atoms with Gasteiger partial charge in [0.1, 0.15) is 23.3 Å². The molecule has 0 radical (unpaired) electrons. The van der Waals surface area contributed by atoms with Crippen LogP contribution < -0.4 is 5.32 Å². The van der Waals surface area contributed by atoms with E-state index in [9.17, 15) is 14.7 Å². The Morgan fingerprint density at radius 1 is 1.33 bits per heavy atom. The lowest BCUT2D eigenvalue weighted by molar-refractivity contribution is -0.142. The quantitative estimate of drug-likeness (QED) is 0.672. The fourth-order valence-corrected chi connectivity index (χ4v) is 3.05. The van der Waals surface area contributed by atoms with Crippen LogP contribution >= 0.6 is 11.6 Å². The molecule has 0 saturated carbocycles. The highest BCUT2D eigenvalue weighted by Crippen LogP contribution is 2.18. The number of nitrogens with zero attached hydrogens (tertiary/aromatic N) is 2. The summed E-state index contributed by atoms with van der Waals surface area (Å²) < 4.78 is 6.46. The number of methoxy groups -OCH3 is 1. The summed E-state index contributed by atoms with van der Waals surface area (Å²) in [4.78, 5) is 29.1. The third-order valence-corrected chi connectivity index (χ3v) is 4.54. The normalized spacial score (nSPS) is 11.9. The second-order valence-corrected chi connectivity index (χ2v) is 6.61. The highest BCUT2D eigenvalue weighted by molar-refractivity contribution is 6.32. The molecule has 0 bridgehead atoms. The Labute approximate surface area is 163 Å². The van der Waals surface area contributed by atoms with Crippen molar-refractivity contribution in [2.45, 2.75) is 38.6 Å². The van der Waals surface area contributed by atoms with Gasteiger partial charge in [0, 0.05) is 19.9 Å². The Kier molecular flexibility index (Phi) is 7.24. The smallest absolute Gasteiger partial charge is 0.328 e. The first-order valence-electron chi connectivity index (χ1n) is 8.75. The summed E-state index contributed by atoms with van der Waals surface area (Å²) >= 11 is 6.16. The van der Waals surface area contributed by atoms with E-state index in [1.807, 2.05) is 0 Å². The van der Waals surface area contributed by atoms with Crippen molar-refractivity contribution in [2.24, 2.45) is 7.05 Å². The topological polar surface area (TPSA) is 93.4 Å². The second-order valence-electron chi connectivity index (χ2n) is 6.25. The van der Waals surface area contributed by atoms with Crippen LogP contribution in [0.5, 0.6) is 5.75 Å². The fraction of sp³-hybridized carbons (Fsp3) is 0.421. The molecular weight excluding hydrogens is 370 g/mol. The molecule has 0 aliphatic carbocycles. The largest absolute Gasteiger partial charge is 0.508 e. The number of halogens is 1.